The van der Waals surface area contributed by atoms with Gasteiger partial charge in [-0.3, -0.25) is 4.99 Å². The minimum Gasteiger partial charge on any atom is -0.379 e. The summed E-state index contributed by atoms with van der Waals surface area (Å²) in [6, 6.07) is 0. The van der Waals surface area contributed by atoms with E-state index in [0.29, 0.717) is 32.3 Å². The van der Waals surface area contributed by atoms with E-state index in [-0.39, 0.29) is 24.0 Å². The first kappa shape index (κ1) is 25.1. The predicted octanol–water partition coefficient (Wildman–Crippen LogP) is 2.28. The van der Waals surface area contributed by atoms with Crippen molar-refractivity contribution in [1.29, 1.82) is 0 Å². The molecule has 0 heterocycles. The second-order valence-electron chi connectivity index (χ2n) is 5.47. The molecular formula is C16H36IN3O3. The maximum atomic E-state index is 5.50. The summed E-state index contributed by atoms with van der Waals surface area (Å²) < 4.78 is 16.4. The summed E-state index contributed by atoms with van der Waals surface area (Å²) in [5, 5.41) is 6.40. The first-order valence-electron chi connectivity index (χ1n) is 8.38. The van der Waals surface area contributed by atoms with Crippen LogP contribution in [0.3, 0.4) is 0 Å². The summed E-state index contributed by atoms with van der Waals surface area (Å²) in [6.07, 6.45) is 2.28. The number of rotatable bonds is 14. The molecule has 6 nitrogen and oxygen atoms in total. The van der Waals surface area contributed by atoms with Gasteiger partial charge in [-0.15, -0.1) is 24.0 Å². The lowest BCUT2D eigenvalue weighted by Crippen LogP contribution is -2.40. The van der Waals surface area contributed by atoms with Crippen molar-refractivity contribution in [3.63, 3.8) is 0 Å². The van der Waals surface area contributed by atoms with Crippen molar-refractivity contribution < 1.29 is 14.2 Å². The third-order valence-corrected chi connectivity index (χ3v) is 2.77. The van der Waals surface area contributed by atoms with Crippen LogP contribution >= 0.6 is 24.0 Å². The Morgan fingerprint density at radius 1 is 0.913 bits per heavy atom. The first-order valence-corrected chi connectivity index (χ1v) is 8.38. The molecule has 0 atom stereocenters. The highest BCUT2D eigenvalue weighted by Crippen LogP contribution is 1.91. The third-order valence-electron chi connectivity index (χ3n) is 2.77. The summed E-state index contributed by atoms with van der Waals surface area (Å²) in [6.45, 7) is 12.2. The van der Waals surface area contributed by atoms with Crippen LogP contribution in [-0.4, -0.2) is 65.7 Å². The number of nitrogens with one attached hydrogen (secondary N) is 2. The van der Waals surface area contributed by atoms with Crippen LogP contribution in [0.4, 0.5) is 0 Å². The van der Waals surface area contributed by atoms with E-state index in [1.807, 2.05) is 0 Å². The van der Waals surface area contributed by atoms with Crippen LogP contribution in [0.15, 0.2) is 4.99 Å². The van der Waals surface area contributed by atoms with Gasteiger partial charge in [0.05, 0.1) is 26.4 Å². The molecule has 2 N–H and O–H groups in total. The Morgan fingerprint density at radius 3 is 2.00 bits per heavy atom. The van der Waals surface area contributed by atoms with Gasteiger partial charge in [0.1, 0.15) is 0 Å². The Labute approximate surface area is 159 Å². The van der Waals surface area contributed by atoms with Gasteiger partial charge in [0.25, 0.3) is 0 Å². The molecule has 0 aromatic carbocycles. The minimum absolute atomic E-state index is 0. The molecule has 0 aromatic rings. The molecule has 0 aliphatic heterocycles. The lowest BCUT2D eigenvalue weighted by atomic mass is 10.2. The molecule has 0 spiro atoms. The monoisotopic (exact) mass is 445 g/mol. The van der Waals surface area contributed by atoms with Crippen LogP contribution in [0.2, 0.25) is 0 Å². The average molecular weight is 445 g/mol. The van der Waals surface area contributed by atoms with Crippen molar-refractivity contribution >= 4 is 29.9 Å². The average Bonchev–Trinajstić information content (AvgIpc) is 2.50. The fourth-order valence-corrected chi connectivity index (χ4v) is 1.59. The van der Waals surface area contributed by atoms with Crippen molar-refractivity contribution in [3.05, 3.63) is 0 Å². The third kappa shape index (κ3) is 19.8. The van der Waals surface area contributed by atoms with Gasteiger partial charge in [-0.25, -0.2) is 0 Å². The smallest absolute Gasteiger partial charge is 0.191 e. The Kier molecular flexibility index (Phi) is 21.8. The van der Waals surface area contributed by atoms with Crippen LogP contribution in [0.5, 0.6) is 0 Å². The molecule has 0 aliphatic rings. The Morgan fingerprint density at radius 2 is 1.48 bits per heavy atom. The molecule has 0 radical (unpaired) electrons. The Bertz CT molecular complexity index is 267. The van der Waals surface area contributed by atoms with E-state index in [2.05, 4.69) is 36.4 Å². The van der Waals surface area contributed by atoms with Crippen molar-refractivity contribution in [2.75, 3.05) is 59.8 Å². The van der Waals surface area contributed by atoms with Crippen LogP contribution < -0.4 is 10.6 Å². The summed E-state index contributed by atoms with van der Waals surface area (Å²) >= 11 is 0. The van der Waals surface area contributed by atoms with Crippen LogP contribution in [0.25, 0.3) is 0 Å². The number of aliphatic imine (C=N–C) groups is 1. The highest BCUT2D eigenvalue weighted by atomic mass is 127. The molecule has 0 fully saturated rings. The molecule has 0 saturated carbocycles. The molecule has 0 unspecified atom stereocenters. The molecule has 7 heteroatoms. The number of guanidine groups is 1. The van der Waals surface area contributed by atoms with E-state index in [4.69, 9.17) is 14.2 Å². The summed E-state index contributed by atoms with van der Waals surface area (Å²) in [5.41, 5.74) is 0. The molecule has 0 aliphatic carbocycles. The van der Waals surface area contributed by atoms with Gasteiger partial charge < -0.3 is 24.8 Å². The van der Waals surface area contributed by atoms with Crippen LogP contribution in [-0.2, 0) is 14.2 Å². The minimum atomic E-state index is 0. The number of nitrogens with zero attached hydrogens (tertiary/aromatic N) is 1. The van der Waals surface area contributed by atoms with Gasteiger partial charge in [0, 0.05) is 33.4 Å². The second-order valence-corrected chi connectivity index (χ2v) is 5.47. The maximum Gasteiger partial charge on any atom is 0.191 e. The lowest BCUT2D eigenvalue weighted by molar-refractivity contribution is 0.0487. The number of halogens is 1. The summed E-state index contributed by atoms with van der Waals surface area (Å²) in [4.78, 5) is 4.15. The normalized spacial score (nSPS) is 11.4. The zero-order valence-electron chi connectivity index (χ0n) is 15.2. The molecule has 0 aromatic heterocycles. The number of unbranched alkanes of at least 4 members (excludes halogenated alkanes) is 1. The van der Waals surface area contributed by atoms with Crippen molar-refractivity contribution in [1.82, 2.24) is 10.6 Å². The Hall–Kier alpha value is -0.120. The molecule has 0 amide bonds. The van der Waals surface area contributed by atoms with Crippen molar-refractivity contribution in [2.45, 2.75) is 33.6 Å². The van der Waals surface area contributed by atoms with Gasteiger partial charge in [-0.2, -0.15) is 0 Å². The largest absolute Gasteiger partial charge is 0.379 e. The quantitative estimate of drug-likeness (QED) is 0.186. The van der Waals surface area contributed by atoms with Gasteiger partial charge >= 0.3 is 0 Å². The SMILES string of the molecule is CCCCOCCOCCNC(=NC)NCCOCC(C)C.I. The van der Waals surface area contributed by atoms with Crippen molar-refractivity contribution in [2.24, 2.45) is 10.9 Å². The molecule has 0 bridgehead atoms. The molecule has 140 valence electrons. The van der Waals surface area contributed by atoms with Crippen LogP contribution in [0.1, 0.15) is 33.6 Å². The molecular weight excluding hydrogens is 409 g/mol. The summed E-state index contributed by atoms with van der Waals surface area (Å²) in [5.74, 6) is 1.34. The Balaban J connectivity index is 0. The van der Waals surface area contributed by atoms with E-state index in [1.165, 1.54) is 6.42 Å². The van der Waals surface area contributed by atoms with E-state index >= 15 is 0 Å². The molecule has 23 heavy (non-hydrogen) atoms. The predicted molar refractivity (Wildman–Crippen MR) is 107 cm³/mol. The van der Waals surface area contributed by atoms with Gasteiger partial charge in [0.2, 0.25) is 0 Å². The van der Waals surface area contributed by atoms with Gasteiger partial charge in [-0.05, 0) is 12.3 Å². The van der Waals surface area contributed by atoms with Crippen molar-refractivity contribution in [3.8, 4) is 0 Å². The van der Waals surface area contributed by atoms with Crippen LogP contribution in [0, 0.1) is 5.92 Å². The topological polar surface area (TPSA) is 64.1 Å². The zero-order valence-corrected chi connectivity index (χ0v) is 17.6. The number of hydrogen-bond donors (Lipinski definition) is 2. The second kappa shape index (κ2) is 19.9. The van der Waals surface area contributed by atoms with Gasteiger partial charge in [0.15, 0.2) is 5.96 Å². The highest BCUT2D eigenvalue weighted by Gasteiger charge is 1.98. The lowest BCUT2D eigenvalue weighted by Gasteiger charge is -2.13. The van der Waals surface area contributed by atoms with E-state index in [0.717, 1.165) is 38.7 Å². The van der Waals surface area contributed by atoms with E-state index in [9.17, 15) is 0 Å². The molecule has 0 saturated heterocycles. The fraction of sp³-hybridized carbons (Fsp3) is 0.938. The highest BCUT2D eigenvalue weighted by molar-refractivity contribution is 14.0. The maximum absolute atomic E-state index is 5.50. The fourth-order valence-electron chi connectivity index (χ4n) is 1.59. The van der Waals surface area contributed by atoms with Gasteiger partial charge in [-0.1, -0.05) is 27.2 Å². The molecule has 0 rings (SSSR count). The first-order chi connectivity index (χ1) is 10.7. The van der Waals surface area contributed by atoms with E-state index < -0.39 is 0 Å². The van der Waals surface area contributed by atoms with E-state index in [1.54, 1.807) is 7.05 Å². The standard InChI is InChI=1S/C16H35N3O3.HI/c1-5-6-9-20-12-13-21-10-7-18-16(17-4)19-8-11-22-14-15(2)3;/h15H,5-14H2,1-4H3,(H2,17,18,19);1H. The zero-order chi connectivity index (χ0) is 16.5. The summed E-state index contributed by atoms with van der Waals surface area (Å²) in [7, 11) is 1.76. The number of ether oxygens (including phenoxy) is 3. The number of hydrogen-bond acceptors (Lipinski definition) is 4.